The van der Waals surface area contributed by atoms with Gasteiger partial charge in [0.15, 0.2) is 6.61 Å². The van der Waals surface area contributed by atoms with Crippen molar-refractivity contribution in [3.8, 4) is 17.1 Å². The number of pyridine rings is 1. The maximum Gasteiger partial charge on any atom is 0.344 e. The fourth-order valence-electron chi connectivity index (χ4n) is 1.48. The molecule has 106 valence electrons. The molecule has 1 N–H and O–H groups in total. The molecule has 20 heavy (non-hydrogen) atoms. The number of rotatable bonds is 5. The van der Waals surface area contributed by atoms with E-state index in [1.807, 2.05) is 0 Å². The van der Waals surface area contributed by atoms with Crippen molar-refractivity contribution >= 4 is 17.6 Å². The molecule has 0 amide bonds. The monoisotopic (exact) mass is 297 g/mol. The number of carbonyl (C=O) groups excluding carboxylic acids is 1. The first-order valence-electron chi connectivity index (χ1n) is 5.80. The van der Waals surface area contributed by atoms with Crippen LogP contribution in [0, 0.1) is 0 Å². The number of halogens is 1. The van der Waals surface area contributed by atoms with Crippen molar-refractivity contribution in [1.82, 2.24) is 14.9 Å². The van der Waals surface area contributed by atoms with Crippen molar-refractivity contribution in [3.05, 3.63) is 29.5 Å². The predicted molar refractivity (Wildman–Crippen MR) is 69.8 cm³/mol. The Balaban J connectivity index is 2.09. The van der Waals surface area contributed by atoms with Crippen LogP contribution in [0.4, 0.5) is 0 Å². The molecule has 0 fully saturated rings. The first kappa shape index (κ1) is 14.1. The van der Waals surface area contributed by atoms with Crippen LogP contribution in [0.5, 0.6) is 5.88 Å². The molecule has 0 unspecified atom stereocenters. The van der Waals surface area contributed by atoms with Gasteiger partial charge in [0.2, 0.25) is 5.88 Å². The molecule has 0 saturated carbocycles. The molecular formula is C12H12ClN3O4. The number of esters is 1. The third kappa shape index (κ3) is 3.39. The van der Waals surface area contributed by atoms with Crippen LogP contribution in [0.1, 0.15) is 6.92 Å². The summed E-state index contributed by atoms with van der Waals surface area (Å²) in [6, 6.07) is 4.74. The van der Waals surface area contributed by atoms with Gasteiger partial charge in [-0.05, 0) is 19.1 Å². The Labute approximate surface area is 119 Å². The summed E-state index contributed by atoms with van der Waals surface area (Å²) in [6.45, 7) is 1.70. The van der Waals surface area contributed by atoms with Crippen molar-refractivity contribution in [3.63, 3.8) is 0 Å². The van der Waals surface area contributed by atoms with Crippen LogP contribution in [0.15, 0.2) is 24.4 Å². The van der Waals surface area contributed by atoms with Gasteiger partial charge in [0.1, 0.15) is 10.8 Å². The molecule has 0 saturated heterocycles. The fraction of sp³-hybridized carbons (Fsp3) is 0.250. The lowest BCUT2D eigenvalue weighted by molar-refractivity contribution is -0.145. The number of aromatic nitrogens is 3. The van der Waals surface area contributed by atoms with E-state index in [1.54, 1.807) is 19.1 Å². The van der Waals surface area contributed by atoms with Gasteiger partial charge in [-0.15, -0.1) is 0 Å². The zero-order valence-corrected chi connectivity index (χ0v) is 11.4. The third-order valence-corrected chi connectivity index (χ3v) is 2.56. The highest BCUT2D eigenvalue weighted by Gasteiger charge is 2.12. The van der Waals surface area contributed by atoms with Gasteiger partial charge < -0.3 is 14.7 Å². The Bertz CT molecular complexity index is 597. The highest BCUT2D eigenvalue weighted by molar-refractivity contribution is 6.29. The lowest BCUT2D eigenvalue weighted by atomic mass is 10.2. The van der Waals surface area contributed by atoms with E-state index in [4.69, 9.17) is 21.1 Å². The Hall–Kier alpha value is -2.28. The minimum absolute atomic E-state index is 0.102. The Kier molecular flexibility index (Phi) is 4.41. The number of ether oxygens (including phenoxy) is 2. The first-order valence-corrected chi connectivity index (χ1v) is 6.17. The van der Waals surface area contributed by atoms with E-state index in [9.17, 15) is 10.0 Å². The van der Waals surface area contributed by atoms with Crippen molar-refractivity contribution in [2.24, 2.45) is 0 Å². The first-order chi connectivity index (χ1) is 9.60. The zero-order chi connectivity index (χ0) is 14.5. The lowest BCUT2D eigenvalue weighted by Crippen LogP contribution is -2.14. The van der Waals surface area contributed by atoms with E-state index in [0.29, 0.717) is 21.3 Å². The average Bonchev–Trinajstić information content (AvgIpc) is 2.79. The maximum atomic E-state index is 11.1. The summed E-state index contributed by atoms with van der Waals surface area (Å²) in [6.07, 6.45) is 1.49. The molecular weight excluding hydrogens is 286 g/mol. The molecule has 7 nitrogen and oxygen atoms in total. The van der Waals surface area contributed by atoms with Crippen molar-refractivity contribution in [2.75, 3.05) is 13.2 Å². The van der Waals surface area contributed by atoms with E-state index in [2.05, 4.69) is 10.1 Å². The molecule has 2 aromatic heterocycles. The molecule has 0 radical (unpaired) electrons. The summed E-state index contributed by atoms with van der Waals surface area (Å²) < 4.78 is 9.83. The molecule has 0 aromatic carbocycles. The Morgan fingerprint density at radius 3 is 2.95 bits per heavy atom. The van der Waals surface area contributed by atoms with Crippen molar-refractivity contribution in [2.45, 2.75) is 6.92 Å². The molecule has 8 heteroatoms. The van der Waals surface area contributed by atoms with Crippen molar-refractivity contribution in [1.29, 1.82) is 0 Å². The second-order valence-electron chi connectivity index (χ2n) is 3.72. The van der Waals surface area contributed by atoms with E-state index in [0.717, 1.165) is 0 Å². The van der Waals surface area contributed by atoms with Crippen LogP contribution >= 0.6 is 11.6 Å². The molecule has 0 aliphatic heterocycles. The second kappa shape index (κ2) is 6.25. The number of nitrogens with zero attached hydrogens (tertiary/aromatic N) is 3. The SMILES string of the molecule is CCOC(=O)COc1cc(-c2ccc(Cl)nc2)n(O)n1. The average molecular weight is 298 g/mol. The van der Waals surface area contributed by atoms with Crippen LogP contribution in [-0.2, 0) is 9.53 Å². The minimum Gasteiger partial charge on any atom is -0.464 e. The van der Waals surface area contributed by atoms with E-state index in [1.165, 1.54) is 12.3 Å². The lowest BCUT2D eigenvalue weighted by Gasteiger charge is -2.01. The Morgan fingerprint density at radius 2 is 2.30 bits per heavy atom. The number of hydrogen-bond donors (Lipinski definition) is 1. The second-order valence-corrected chi connectivity index (χ2v) is 4.11. The fourth-order valence-corrected chi connectivity index (χ4v) is 1.59. The smallest absolute Gasteiger partial charge is 0.344 e. The largest absolute Gasteiger partial charge is 0.464 e. The van der Waals surface area contributed by atoms with Gasteiger partial charge >= 0.3 is 5.97 Å². The molecule has 2 aromatic rings. The van der Waals surface area contributed by atoms with Crippen LogP contribution in [0.3, 0.4) is 0 Å². The predicted octanol–water partition coefficient (Wildman–Crippen LogP) is 1.78. The topological polar surface area (TPSA) is 86.5 Å². The zero-order valence-electron chi connectivity index (χ0n) is 10.6. The highest BCUT2D eigenvalue weighted by atomic mass is 35.5. The molecule has 0 aliphatic rings. The standard InChI is InChI=1S/C12H12ClN3O4/c1-2-19-12(17)7-20-11-5-9(16(18)15-11)8-3-4-10(13)14-6-8/h3-6,18H,2,7H2,1H3. The highest BCUT2D eigenvalue weighted by Crippen LogP contribution is 2.23. The van der Waals surface area contributed by atoms with E-state index >= 15 is 0 Å². The summed E-state index contributed by atoms with van der Waals surface area (Å²) >= 11 is 5.69. The number of carbonyl (C=O) groups is 1. The molecule has 0 atom stereocenters. The quantitative estimate of drug-likeness (QED) is 0.514. The van der Waals surface area contributed by atoms with E-state index in [-0.39, 0.29) is 19.1 Å². The molecule has 0 aliphatic carbocycles. The van der Waals surface area contributed by atoms with Gasteiger partial charge in [-0.2, -0.15) is 0 Å². The summed E-state index contributed by atoms with van der Waals surface area (Å²) in [5.41, 5.74) is 0.975. The number of hydrogen-bond acceptors (Lipinski definition) is 6. The molecule has 2 heterocycles. The summed E-state index contributed by atoms with van der Waals surface area (Å²) in [7, 11) is 0. The van der Waals surface area contributed by atoms with Gasteiger partial charge in [0.05, 0.1) is 6.61 Å². The third-order valence-electron chi connectivity index (χ3n) is 2.34. The normalized spacial score (nSPS) is 10.3. The van der Waals surface area contributed by atoms with Crippen molar-refractivity contribution < 1.29 is 19.5 Å². The van der Waals surface area contributed by atoms with Crippen LogP contribution in [0.25, 0.3) is 11.3 Å². The van der Waals surface area contributed by atoms with Gasteiger partial charge in [0, 0.05) is 17.8 Å². The molecule has 0 bridgehead atoms. The summed E-state index contributed by atoms with van der Waals surface area (Å²) in [4.78, 5) is 15.7. The maximum absolute atomic E-state index is 11.1. The Morgan fingerprint density at radius 1 is 1.50 bits per heavy atom. The molecule has 2 rings (SSSR count). The van der Waals surface area contributed by atoms with Gasteiger partial charge in [-0.25, -0.2) is 9.78 Å². The van der Waals surface area contributed by atoms with Gasteiger partial charge in [-0.1, -0.05) is 21.5 Å². The van der Waals surface area contributed by atoms with E-state index < -0.39 is 5.97 Å². The van der Waals surface area contributed by atoms with Crippen LogP contribution in [-0.4, -0.2) is 39.3 Å². The van der Waals surface area contributed by atoms with Crippen LogP contribution in [0.2, 0.25) is 5.15 Å². The van der Waals surface area contributed by atoms with Gasteiger partial charge in [-0.3, -0.25) is 0 Å². The molecule has 0 spiro atoms. The summed E-state index contributed by atoms with van der Waals surface area (Å²) in [5.74, 6) is -0.403. The van der Waals surface area contributed by atoms with Gasteiger partial charge in [0.25, 0.3) is 0 Å². The summed E-state index contributed by atoms with van der Waals surface area (Å²) in [5, 5.41) is 13.7. The van der Waals surface area contributed by atoms with Crippen LogP contribution < -0.4 is 4.74 Å². The minimum atomic E-state index is -0.505.